The molecule has 3 heteroatoms. The molecule has 0 aromatic rings. The first-order valence-electron chi connectivity index (χ1n) is 4.25. The molecule has 0 aliphatic carbocycles. The van der Waals surface area contributed by atoms with Crippen LogP contribution in [-0.2, 0) is 4.74 Å². The van der Waals surface area contributed by atoms with Gasteiger partial charge >= 0.3 is 0 Å². The molecule has 0 radical (unpaired) electrons. The Hall–Kier alpha value is 0.400. The summed E-state index contributed by atoms with van der Waals surface area (Å²) in [5.74, 6) is 0. The van der Waals surface area contributed by atoms with Crippen molar-refractivity contribution in [2.45, 2.75) is 38.6 Å². The summed E-state index contributed by atoms with van der Waals surface area (Å²) in [6.07, 6.45) is 0.191. The van der Waals surface area contributed by atoms with Crippen molar-refractivity contribution in [2.75, 3.05) is 13.2 Å². The Morgan fingerprint density at radius 1 is 1.42 bits per heavy atom. The normalized spacial score (nSPS) is 17.5. The summed E-state index contributed by atoms with van der Waals surface area (Å²) in [7, 11) is 0. The van der Waals surface area contributed by atoms with Gasteiger partial charge in [0, 0.05) is 10.2 Å². The van der Waals surface area contributed by atoms with Crippen LogP contribution in [0.15, 0.2) is 0 Å². The summed E-state index contributed by atoms with van der Waals surface area (Å²) < 4.78 is 5.55. The zero-order valence-electron chi connectivity index (χ0n) is 8.30. The Kier molecular flexibility index (Phi) is 5.37. The maximum Gasteiger partial charge on any atom is 0.0669 e. The lowest BCUT2D eigenvalue weighted by Crippen LogP contribution is -2.28. The molecule has 0 aromatic carbocycles. The van der Waals surface area contributed by atoms with Crippen LogP contribution >= 0.6 is 15.9 Å². The molecule has 0 spiro atoms. The maximum atomic E-state index is 8.95. The molecule has 0 saturated heterocycles. The summed E-state index contributed by atoms with van der Waals surface area (Å²) in [6.45, 7) is 8.80. The van der Waals surface area contributed by atoms with E-state index in [1.54, 1.807) is 0 Å². The van der Waals surface area contributed by atoms with Crippen molar-refractivity contribution >= 4 is 15.9 Å². The van der Waals surface area contributed by atoms with Gasteiger partial charge in [0.1, 0.15) is 0 Å². The van der Waals surface area contributed by atoms with Gasteiger partial charge in [0.2, 0.25) is 0 Å². The Labute approximate surface area is 83.4 Å². The molecular weight excluding hydrogens is 220 g/mol. The molecule has 0 heterocycles. The van der Waals surface area contributed by atoms with Gasteiger partial charge in [-0.2, -0.15) is 0 Å². The Bertz CT molecular complexity index is 124. The van der Waals surface area contributed by atoms with E-state index in [0.29, 0.717) is 11.4 Å². The molecule has 1 unspecified atom stereocenters. The van der Waals surface area contributed by atoms with E-state index >= 15 is 0 Å². The second-order valence-electron chi connectivity index (χ2n) is 4.02. The van der Waals surface area contributed by atoms with Gasteiger partial charge < -0.3 is 9.84 Å². The van der Waals surface area contributed by atoms with Crippen molar-refractivity contribution in [1.29, 1.82) is 0 Å². The molecule has 0 bridgehead atoms. The highest BCUT2D eigenvalue weighted by molar-refractivity contribution is 9.09. The molecule has 0 aliphatic rings. The van der Waals surface area contributed by atoms with Crippen LogP contribution < -0.4 is 0 Å². The molecule has 2 atom stereocenters. The van der Waals surface area contributed by atoms with E-state index in [1.165, 1.54) is 0 Å². The molecule has 0 saturated carbocycles. The first kappa shape index (κ1) is 12.4. The number of alkyl halides is 1. The summed E-state index contributed by atoms with van der Waals surface area (Å²) in [5.41, 5.74) is -0.129. The molecule has 1 N–H and O–H groups in total. The first-order chi connectivity index (χ1) is 5.39. The van der Waals surface area contributed by atoms with E-state index in [1.807, 2.05) is 20.8 Å². The number of rotatable bonds is 5. The molecule has 0 aromatic heterocycles. The predicted octanol–water partition coefficient (Wildman–Crippen LogP) is 2.19. The SMILES string of the molecule is CC(OCC(C)(C)CO)[C@@H](C)Br. The largest absolute Gasteiger partial charge is 0.396 e. The van der Waals surface area contributed by atoms with Gasteiger partial charge in [0.05, 0.1) is 19.3 Å². The molecule has 0 fully saturated rings. The minimum absolute atomic E-state index is 0.129. The number of hydrogen-bond donors (Lipinski definition) is 1. The third-order valence-electron chi connectivity index (χ3n) is 1.81. The van der Waals surface area contributed by atoms with Crippen LogP contribution in [0.4, 0.5) is 0 Å². The Balaban J connectivity index is 3.67. The lowest BCUT2D eigenvalue weighted by molar-refractivity contribution is -0.00804. The van der Waals surface area contributed by atoms with Crippen molar-refractivity contribution in [2.24, 2.45) is 5.41 Å². The predicted molar refractivity (Wildman–Crippen MR) is 54.7 cm³/mol. The van der Waals surface area contributed by atoms with Gasteiger partial charge in [-0.3, -0.25) is 0 Å². The highest BCUT2D eigenvalue weighted by atomic mass is 79.9. The number of aliphatic hydroxyl groups is 1. The quantitative estimate of drug-likeness (QED) is 0.745. The third-order valence-corrected chi connectivity index (χ3v) is 2.56. The minimum Gasteiger partial charge on any atom is -0.396 e. The van der Waals surface area contributed by atoms with Crippen LogP contribution in [-0.4, -0.2) is 29.3 Å². The van der Waals surface area contributed by atoms with Gasteiger partial charge in [-0.1, -0.05) is 36.7 Å². The molecular formula is C9H19BrO2. The fraction of sp³-hybridized carbons (Fsp3) is 1.00. The summed E-state index contributed by atoms with van der Waals surface area (Å²) in [4.78, 5) is 0.354. The van der Waals surface area contributed by atoms with Crippen molar-refractivity contribution < 1.29 is 9.84 Å². The molecule has 74 valence electrons. The lowest BCUT2D eigenvalue weighted by atomic mass is 9.96. The van der Waals surface area contributed by atoms with Crippen LogP contribution in [0.2, 0.25) is 0 Å². The fourth-order valence-corrected chi connectivity index (χ4v) is 0.688. The summed E-state index contributed by atoms with van der Waals surface area (Å²) in [6, 6.07) is 0. The lowest BCUT2D eigenvalue weighted by Gasteiger charge is -2.25. The summed E-state index contributed by atoms with van der Waals surface area (Å²) in [5, 5.41) is 8.95. The average Bonchev–Trinajstić information content (AvgIpc) is 2.00. The van der Waals surface area contributed by atoms with Crippen LogP contribution in [0.1, 0.15) is 27.7 Å². The summed E-state index contributed by atoms with van der Waals surface area (Å²) >= 11 is 3.44. The molecule has 0 rings (SSSR count). The van der Waals surface area contributed by atoms with Gasteiger partial charge in [0.15, 0.2) is 0 Å². The minimum atomic E-state index is -0.129. The van der Waals surface area contributed by atoms with Crippen LogP contribution in [0.3, 0.4) is 0 Å². The highest BCUT2D eigenvalue weighted by Gasteiger charge is 2.19. The van der Waals surface area contributed by atoms with Crippen LogP contribution in [0, 0.1) is 5.41 Å². The second-order valence-corrected chi connectivity index (χ2v) is 5.46. The van der Waals surface area contributed by atoms with Crippen molar-refractivity contribution in [3.63, 3.8) is 0 Å². The monoisotopic (exact) mass is 238 g/mol. The standard InChI is InChI=1S/C9H19BrO2/c1-7(10)8(2)12-6-9(3,4)5-11/h7-8,11H,5-6H2,1-4H3/t7-,8?/m1/s1. The number of aliphatic hydroxyl groups excluding tert-OH is 1. The van der Waals surface area contributed by atoms with E-state index in [-0.39, 0.29) is 18.1 Å². The number of halogens is 1. The van der Waals surface area contributed by atoms with Gasteiger partial charge in [-0.25, -0.2) is 0 Å². The third kappa shape index (κ3) is 5.12. The average molecular weight is 239 g/mol. The molecule has 0 aliphatic heterocycles. The molecule has 0 amide bonds. The Morgan fingerprint density at radius 2 is 1.92 bits per heavy atom. The maximum absolute atomic E-state index is 8.95. The van der Waals surface area contributed by atoms with E-state index in [9.17, 15) is 0 Å². The van der Waals surface area contributed by atoms with Gasteiger partial charge in [-0.15, -0.1) is 0 Å². The Morgan fingerprint density at radius 3 is 2.25 bits per heavy atom. The van der Waals surface area contributed by atoms with E-state index in [4.69, 9.17) is 9.84 Å². The van der Waals surface area contributed by atoms with Crippen molar-refractivity contribution in [1.82, 2.24) is 0 Å². The fourth-order valence-electron chi connectivity index (χ4n) is 0.535. The zero-order chi connectivity index (χ0) is 9.78. The van der Waals surface area contributed by atoms with E-state index in [2.05, 4.69) is 22.9 Å². The van der Waals surface area contributed by atoms with Crippen molar-refractivity contribution in [3.05, 3.63) is 0 Å². The van der Waals surface area contributed by atoms with Crippen LogP contribution in [0.5, 0.6) is 0 Å². The van der Waals surface area contributed by atoms with Gasteiger partial charge in [0.25, 0.3) is 0 Å². The van der Waals surface area contributed by atoms with Gasteiger partial charge in [-0.05, 0) is 6.92 Å². The number of hydrogen-bond acceptors (Lipinski definition) is 2. The molecule has 12 heavy (non-hydrogen) atoms. The van der Waals surface area contributed by atoms with E-state index in [0.717, 1.165) is 0 Å². The van der Waals surface area contributed by atoms with E-state index < -0.39 is 0 Å². The second kappa shape index (κ2) is 5.20. The smallest absolute Gasteiger partial charge is 0.0669 e. The first-order valence-corrected chi connectivity index (χ1v) is 5.17. The topological polar surface area (TPSA) is 29.5 Å². The van der Waals surface area contributed by atoms with Crippen molar-refractivity contribution in [3.8, 4) is 0 Å². The number of ether oxygens (including phenoxy) is 1. The molecule has 2 nitrogen and oxygen atoms in total. The highest BCUT2D eigenvalue weighted by Crippen LogP contribution is 2.17. The van der Waals surface area contributed by atoms with Crippen LogP contribution in [0.25, 0.3) is 0 Å². The zero-order valence-corrected chi connectivity index (χ0v) is 9.89.